The number of carbonyl (C=O) groups excluding carboxylic acids is 1. The predicted octanol–water partition coefficient (Wildman–Crippen LogP) is 4.62. The van der Waals surface area contributed by atoms with Gasteiger partial charge in [-0.05, 0) is 29.2 Å². The third-order valence-corrected chi connectivity index (χ3v) is 5.74. The van der Waals surface area contributed by atoms with E-state index in [1.165, 1.54) is 30.0 Å². The van der Waals surface area contributed by atoms with Crippen molar-refractivity contribution in [1.29, 1.82) is 0 Å². The summed E-state index contributed by atoms with van der Waals surface area (Å²) >= 11 is 5.88. The molecule has 32 heavy (non-hydrogen) atoms. The van der Waals surface area contributed by atoms with Gasteiger partial charge in [-0.25, -0.2) is 14.1 Å². The van der Waals surface area contributed by atoms with Crippen LogP contribution in [0.2, 0.25) is 5.02 Å². The fraction of sp³-hybridized carbons (Fsp3) is 0.304. The molecule has 0 aliphatic rings. The third kappa shape index (κ3) is 4.33. The van der Waals surface area contributed by atoms with Crippen LogP contribution in [0.5, 0.6) is 5.75 Å². The van der Waals surface area contributed by atoms with Crippen molar-refractivity contribution in [2.45, 2.75) is 26.3 Å². The standard InChI is InChI=1S/C23H22ClF2NO5/c1-12(2)19(11-28)27-10-16(23(30)32-26)22(29)15-8-14(20(31-3)9-18(15)27)7-13-5-4-6-17(24)21(13)25/h4-6,8-10,12,19,28H,7,11H2,1-3H3. The van der Waals surface area contributed by atoms with Gasteiger partial charge in [0.25, 0.3) is 0 Å². The Labute approximate surface area is 187 Å². The van der Waals surface area contributed by atoms with Crippen LogP contribution in [0.4, 0.5) is 8.92 Å². The minimum absolute atomic E-state index is 0.0414. The third-order valence-electron chi connectivity index (χ3n) is 5.45. The van der Waals surface area contributed by atoms with Crippen LogP contribution in [0.25, 0.3) is 10.9 Å². The number of halogens is 3. The lowest BCUT2D eigenvalue weighted by atomic mass is 9.98. The zero-order valence-corrected chi connectivity index (χ0v) is 18.5. The molecule has 6 nitrogen and oxygen atoms in total. The van der Waals surface area contributed by atoms with E-state index in [4.69, 9.17) is 16.3 Å². The molecule has 0 aliphatic heterocycles. The highest BCUT2D eigenvalue weighted by Crippen LogP contribution is 2.31. The van der Waals surface area contributed by atoms with Crippen LogP contribution in [-0.4, -0.2) is 29.4 Å². The number of benzene rings is 2. The Morgan fingerprint density at radius 1 is 1.25 bits per heavy atom. The average molecular weight is 466 g/mol. The number of aliphatic hydroxyl groups excluding tert-OH is 1. The number of carbonyl (C=O) groups is 1. The minimum atomic E-state index is -1.44. The molecule has 0 bridgehead atoms. The molecule has 0 amide bonds. The normalized spacial score (nSPS) is 12.2. The maximum absolute atomic E-state index is 14.5. The van der Waals surface area contributed by atoms with Crippen LogP contribution in [-0.2, 0) is 11.4 Å². The summed E-state index contributed by atoms with van der Waals surface area (Å²) in [6.45, 7) is 3.41. The van der Waals surface area contributed by atoms with Gasteiger partial charge in [-0.2, -0.15) is 0 Å². The zero-order valence-electron chi connectivity index (χ0n) is 17.7. The number of ether oxygens (including phenoxy) is 1. The highest BCUT2D eigenvalue weighted by atomic mass is 35.5. The van der Waals surface area contributed by atoms with Gasteiger partial charge in [0.15, 0.2) is 0 Å². The summed E-state index contributed by atoms with van der Waals surface area (Å²) < 4.78 is 34.1. The Hall–Kier alpha value is -2.97. The van der Waals surface area contributed by atoms with E-state index in [0.29, 0.717) is 16.8 Å². The van der Waals surface area contributed by atoms with Gasteiger partial charge in [-0.15, -0.1) is 0 Å². The number of aromatic nitrogens is 1. The zero-order chi connectivity index (χ0) is 23.6. The van der Waals surface area contributed by atoms with Gasteiger partial charge < -0.3 is 14.4 Å². The molecule has 1 unspecified atom stereocenters. The van der Waals surface area contributed by atoms with Crippen molar-refractivity contribution < 1.29 is 28.5 Å². The quantitative estimate of drug-likeness (QED) is 0.550. The van der Waals surface area contributed by atoms with E-state index >= 15 is 0 Å². The SMILES string of the molecule is COc1cc2c(cc1Cc1cccc(Cl)c1F)c(=O)c(C(=O)OF)cn2C(CO)C(C)C. The first-order valence-electron chi connectivity index (χ1n) is 9.85. The molecular formula is C23H22ClF2NO5. The summed E-state index contributed by atoms with van der Waals surface area (Å²) in [5.41, 5.74) is -0.171. The Morgan fingerprint density at radius 3 is 2.56 bits per heavy atom. The lowest BCUT2D eigenvalue weighted by molar-refractivity contribution is -0.0789. The largest absolute Gasteiger partial charge is 0.496 e. The molecule has 0 spiro atoms. The molecule has 1 N–H and O–H groups in total. The Morgan fingerprint density at radius 2 is 1.97 bits per heavy atom. The first-order chi connectivity index (χ1) is 15.2. The molecule has 1 heterocycles. The van der Waals surface area contributed by atoms with Crippen LogP contribution in [0, 0.1) is 11.7 Å². The van der Waals surface area contributed by atoms with Crippen molar-refractivity contribution in [3.8, 4) is 5.75 Å². The summed E-state index contributed by atoms with van der Waals surface area (Å²) in [5.74, 6) is -1.76. The van der Waals surface area contributed by atoms with E-state index in [9.17, 15) is 23.6 Å². The number of aliphatic hydroxyl groups is 1. The molecule has 0 saturated heterocycles. The molecule has 9 heteroatoms. The second-order valence-electron chi connectivity index (χ2n) is 7.71. The molecule has 1 atom stereocenters. The maximum Gasteiger partial charge on any atom is 0.384 e. The number of pyridine rings is 1. The molecule has 2 aromatic carbocycles. The van der Waals surface area contributed by atoms with Crippen molar-refractivity contribution in [2.24, 2.45) is 5.92 Å². The first kappa shape index (κ1) is 23.7. The summed E-state index contributed by atoms with van der Waals surface area (Å²) in [5, 5.41) is 9.96. The highest BCUT2D eigenvalue weighted by molar-refractivity contribution is 6.30. The number of fused-ring (bicyclic) bond motifs is 1. The number of hydrogen-bond donors (Lipinski definition) is 1. The number of hydrogen-bond acceptors (Lipinski definition) is 5. The van der Waals surface area contributed by atoms with Gasteiger partial charge in [0.1, 0.15) is 17.1 Å². The number of methoxy groups -OCH3 is 1. The molecule has 0 aliphatic carbocycles. The fourth-order valence-electron chi connectivity index (χ4n) is 3.72. The molecule has 3 aromatic rings. The summed E-state index contributed by atoms with van der Waals surface area (Å²) in [4.78, 5) is 28.2. The van der Waals surface area contributed by atoms with E-state index in [0.717, 1.165) is 0 Å². The number of rotatable bonds is 7. The van der Waals surface area contributed by atoms with Gasteiger partial charge in [0.05, 0.1) is 30.3 Å². The van der Waals surface area contributed by atoms with Gasteiger partial charge in [-0.1, -0.05) is 37.6 Å². The first-order valence-corrected chi connectivity index (χ1v) is 10.2. The van der Waals surface area contributed by atoms with Gasteiger partial charge in [0.2, 0.25) is 5.43 Å². The monoisotopic (exact) mass is 465 g/mol. The predicted molar refractivity (Wildman–Crippen MR) is 116 cm³/mol. The maximum atomic E-state index is 14.5. The van der Waals surface area contributed by atoms with E-state index in [1.54, 1.807) is 18.2 Å². The van der Waals surface area contributed by atoms with Crippen LogP contribution in [0.1, 0.15) is 41.4 Å². The molecule has 0 saturated carbocycles. The minimum Gasteiger partial charge on any atom is -0.496 e. The van der Waals surface area contributed by atoms with Crippen molar-refractivity contribution >= 4 is 28.5 Å². The van der Waals surface area contributed by atoms with Crippen LogP contribution in [0.15, 0.2) is 41.3 Å². The lowest BCUT2D eigenvalue weighted by Gasteiger charge is -2.25. The Balaban J connectivity index is 2.33. The van der Waals surface area contributed by atoms with E-state index in [-0.39, 0.29) is 34.9 Å². The molecule has 170 valence electrons. The molecular weight excluding hydrogens is 444 g/mol. The molecule has 3 rings (SSSR count). The second-order valence-corrected chi connectivity index (χ2v) is 8.12. The van der Waals surface area contributed by atoms with Crippen LogP contribution < -0.4 is 10.2 Å². The Bertz CT molecular complexity index is 1230. The number of nitrogens with zero attached hydrogens (tertiary/aromatic N) is 1. The average Bonchev–Trinajstić information content (AvgIpc) is 2.77. The summed E-state index contributed by atoms with van der Waals surface area (Å²) in [6.07, 6.45) is 1.22. The van der Waals surface area contributed by atoms with Gasteiger partial charge >= 0.3 is 5.97 Å². The Kier molecular flexibility index (Phi) is 7.16. The summed E-state index contributed by atoms with van der Waals surface area (Å²) in [7, 11) is 1.43. The van der Waals surface area contributed by atoms with E-state index in [1.807, 2.05) is 13.8 Å². The smallest absolute Gasteiger partial charge is 0.384 e. The molecule has 1 aromatic heterocycles. The van der Waals surface area contributed by atoms with Crippen LogP contribution >= 0.6 is 11.6 Å². The molecule has 0 fully saturated rings. The van der Waals surface area contributed by atoms with Crippen molar-refractivity contribution in [3.63, 3.8) is 0 Å². The topological polar surface area (TPSA) is 77.8 Å². The summed E-state index contributed by atoms with van der Waals surface area (Å²) in [6, 6.07) is 7.10. The van der Waals surface area contributed by atoms with Crippen molar-refractivity contribution in [3.05, 3.63) is 74.3 Å². The van der Waals surface area contributed by atoms with Gasteiger partial charge in [0, 0.05) is 28.6 Å². The highest BCUT2D eigenvalue weighted by Gasteiger charge is 2.24. The van der Waals surface area contributed by atoms with Gasteiger partial charge in [-0.3, -0.25) is 4.79 Å². The van der Waals surface area contributed by atoms with Crippen molar-refractivity contribution in [2.75, 3.05) is 13.7 Å². The van der Waals surface area contributed by atoms with Crippen LogP contribution in [0.3, 0.4) is 0 Å². The molecule has 0 radical (unpaired) electrons. The lowest BCUT2D eigenvalue weighted by Crippen LogP contribution is -2.25. The van der Waals surface area contributed by atoms with E-state index in [2.05, 4.69) is 4.94 Å². The van der Waals surface area contributed by atoms with Crippen molar-refractivity contribution in [1.82, 2.24) is 4.57 Å². The fourth-order valence-corrected chi connectivity index (χ4v) is 3.92. The van der Waals surface area contributed by atoms with E-state index < -0.39 is 28.8 Å². The second kappa shape index (κ2) is 9.67.